The van der Waals surface area contributed by atoms with Gasteiger partial charge in [0.25, 0.3) is 0 Å². The summed E-state index contributed by atoms with van der Waals surface area (Å²) < 4.78 is 5.57. The van der Waals surface area contributed by atoms with Crippen LogP contribution in [-0.2, 0) is 4.74 Å². The highest BCUT2D eigenvalue weighted by molar-refractivity contribution is 5.84. The molecule has 0 aliphatic carbocycles. The average Bonchev–Trinajstić information content (AvgIpc) is 2.28. The summed E-state index contributed by atoms with van der Waals surface area (Å²) in [6.45, 7) is 4.76. The lowest BCUT2D eigenvalue weighted by atomic mass is 10.1. The second-order valence-corrected chi connectivity index (χ2v) is 3.51. The zero-order valence-corrected chi connectivity index (χ0v) is 9.10. The smallest absolute Gasteiger partial charge is 0.0972 e. The summed E-state index contributed by atoms with van der Waals surface area (Å²) in [6, 6.07) is 10.3. The minimum absolute atomic E-state index is 0.0566. The molecule has 0 N–H and O–H groups in total. The number of pyridine rings is 1. The van der Waals surface area contributed by atoms with Gasteiger partial charge >= 0.3 is 0 Å². The van der Waals surface area contributed by atoms with E-state index in [1.165, 1.54) is 10.8 Å². The molecule has 2 nitrogen and oxygen atoms in total. The molecule has 0 saturated heterocycles. The van der Waals surface area contributed by atoms with Crippen molar-refractivity contribution in [1.82, 2.24) is 4.98 Å². The number of rotatable bonds is 3. The highest BCUT2D eigenvalue weighted by atomic mass is 16.5. The van der Waals surface area contributed by atoms with Crippen molar-refractivity contribution in [2.24, 2.45) is 0 Å². The minimum atomic E-state index is 0.0566. The Morgan fingerprint density at radius 2 is 2.07 bits per heavy atom. The van der Waals surface area contributed by atoms with Crippen LogP contribution in [0.15, 0.2) is 36.5 Å². The van der Waals surface area contributed by atoms with Gasteiger partial charge in [-0.3, -0.25) is 4.98 Å². The summed E-state index contributed by atoms with van der Waals surface area (Å²) in [4.78, 5) is 4.40. The molecular weight excluding hydrogens is 186 g/mol. The van der Waals surface area contributed by atoms with Crippen molar-refractivity contribution in [3.63, 3.8) is 0 Å². The summed E-state index contributed by atoms with van der Waals surface area (Å²) in [5, 5.41) is 2.40. The van der Waals surface area contributed by atoms with Crippen molar-refractivity contribution >= 4 is 10.8 Å². The molecule has 0 fully saturated rings. The van der Waals surface area contributed by atoms with E-state index in [1.807, 2.05) is 38.2 Å². The number of ether oxygens (including phenoxy) is 1. The van der Waals surface area contributed by atoms with Gasteiger partial charge in [0, 0.05) is 18.2 Å². The third kappa shape index (κ3) is 2.00. The fourth-order valence-corrected chi connectivity index (χ4v) is 1.80. The Morgan fingerprint density at radius 1 is 1.27 bits per heavy atom. The number of aromatic nitrogens is 1. The third-order valence-electron chi connectivity index (χ3n) is 2.51. The average molecular weight is 201 g/mol. The van der Waals surface area contributed by atoms with Gasteiger partial charge in [0.15, 0.2) is 0 Å². The Kier molecular flexibility index (Phi) is 2.97. The molecule has 0 aliphatic heterocycles. The van der Waals surface area contributed by atoms with Gasteiger partial charge in [0.05, 0.1) is 11.8 Å². The second-order valence-electron chi connectivity index (χ2n) is 3.51. The SMILES string of the molecule is CCO[C@H](C)c1nccc2ccccc12. The molecule has 1 aromatic heterocycles. The molecule has 2 rings (SSSR count). The van der Waals surface area contributed by atoms with Crippen LogP contribution in [0.1, 0.15) is 25.6 Å². The molecule has 0 spiro atoms. The van der Waals surface area contributed by atoms with E-state index < -0.39 is 0 Å². The first-order chi connectivity index (χ1) is 7.33. The predicted molar refractivity (Wildman–Crippen MR) is 61.8 cm³/mol. The van der Waals surface area contributed by atoms with Crippen LogP contribution >= 0.6 is 0 Å². The van der Waals surface area contributed by atoms with Crippen LogP contribution in [0.2, 0.25) is 0 Å². The Bertz CT molecular complexity index is 448. The first-order valence-corrected chi connectivity index (χ1v) is 5.28. The Balaban J connectivity index is 2.50. The standard InChI is InChI=1S/C13H15NO/c1-3-15-10(2)13-12-7-5-4-6-11(12)8-9-14-13/h4-10H,3H2,1-2H3/t10-/m1/s1. The van der Waals surface area contributed by atoms with E-state index in [1.54, 1.807) is 0 Å². The lowest BCUT2D eigenvalue weighted by Crippen LogP contribution is -2.02. The summed E-state index contributed by atoms with van der Waals surface area (Å²) in [7, 11) is 0. The van der Waals surface area contributed by atoms with Crippen molar-refractivity contribution in [2.45, 2.75) is 20.0 Å². The molecule has 2 aromatic rings. The highest BCUT2D eigenvalue weighted by Gasteiger charge is 2.09. The largest absolute Gasteiger partial charge is 0.372 e. The Morgan fingerprint density at radius 3 is 2.87 bits per heavy atom. The van der Waals surface area contributed by atoms with E-state index in [9.17, 15) is 0 Å². The minimum Gasteiger partial charge on any atom is -0.372 e. The van der Waals surface area contributed by atoms with E-state index in [0.29, 0.717) is 6.61 Å². The maximum atomic E-state index is 5.57. The fourth-order valence-electron chi connectivity index (χ4n) is 1.80. The molecule has 0 bridgehead atoms. The van der Waals surface area contributed by atoms with E-state index >= 15 is 0 Å². The van der Waals surface area contributed by atoms with E-state index in [4.69, 9.17) is 4.74 Å². The fraction of sp³-hybridized carbons (Fsp3) is 0.308. The van der Waals surface area contributed by atoms with Crippen LogP contribution in [0.3, 0.4) is 0 Å². The van der Waals surface area contributed by atoms with Gasteiger partial charge < -0.3 is 4.74 Å². The van der Waals surface area contributed by atoms with Gasteiger partial charge in [-0.05, 0) is 25.3 Å². The summed E-state index contributed by atoms with van der Waals surface area (Å²) in [5.41, 5.74) is 1.02. The van der Waals surface area contributed by atoms with Gasteiger partial charge in [-0.1, -0.05) is 24.3 Å². The molecule has 0 radical (unpaired) electrons. The van der Waals surface area contributed by atoms with Crippen molar-refractivity contribution < 1.29 is 4.74 Å². The zero-order valence-electron chi connectivity index (χ0n) is 9.10. The molecule has 0 aliphatic rings. The molecule has 15 heavy (non-hydrogen) atoms. The molecule has 1 heterocycles. The van der Waals surface area contributed by atoms with Gasteiger partial charge in [-0.25, -0.2) is 0 Å². The molecule has 1 atom stereocenters. The monoisotopic (exact) mass is 201 g/mol. The maximum absolute atomic E-state index is 5.57. The summed E-state index contributed by atoms with van der Waals surface area (Å²) in [5.74, 6) is 0. The third-order valence-corrected chi connectivity index (χ3v) is 2.51. The Hall–Kier alpha value is -1.41. The van der Waals surface area contributed by atoms with Crippen LogP contribution in [0.5, 0.6) is 0 Å². The molecule has 0 saturated carbocycles. The van der Waals surface area contributed by atoms with Gasteiger partial charge in [0.2, 0.25) is 0 Å². The van der Waals surface area contributed by atoms with E-state index in [0.717, 1.165) is 5.69 Å². The molecule has 78 valence electrons. The van der Waals surface area contributed by atoms with Crippen molar-refractivity contribution in [3.05, 3.63) is 42.2 Å². The predicted octanol–water partition coefficient (Wildman–Crippen LogP) is 3.33. The van der Waals surface area contributed by atoms with Crippen LogP contribution in [0, 0.1) is 0 Å². The maximum Gasteiger partial charge on any atom is 0.0972 e. The number of fused-ring (bicyclic) bond motifs is 1. The highest BCUT2D eigenvalue weighted by Crippen LogP contribution is 2.23. The van der Waals surface area contributed by atoms with Crippen LogP contribution in [-0.4, -0.2) is 11.6 Å². The number of hydrogen-bond acceptors (Lipinski definition) is 2. The van der Waals surface area contributed by atoms with Gasteiger partial charge in [-0.2, -0.15) is 0 Å². The molecule has 2 heteroatoms. The van der Waals surface area contributed by atoms with Crippen LogP contribution < -0.4 is 0 Å². The van der Waals surface area contributed by atoms with Crippen molar-refractivity contribution in [3.8, 4) is 0 Å². The van der Waals surface area contributed by atoms with Crippen molar-refractivity contribution in [2.75, 3.05) is 6.61 Å². The quantitative estimate of drug-likeness (QED) is 0.759. The van der Waals surface area contributed by atoms with Gasteiger partial charge in [-0.15, -0.1) is 0 Å². The van der Waals surface area contributed by atoms with Crippen molar-refractivity contribution in [1.29, 1.82) is 0 Å². The van der Waals surface area contributed by atoms with E-state index in [-0.39, 0.29) is 6.10 Å². The first kappa shape index (κ1) is 10.1. The normalized spacial score (nSPS) is 12.9. The summed E-state index contributed by atoms with van der Waals surface area (Å²) in [6.07, 6.45) is 1.90. The second kappa shape index (κ2) is 4.41. The van der Waals surface area contributed by atoms with E-state index in [2.05, 4.69) is 17.1 Å². The van der Waals surface area contributed by atoms with Crippen LogP contribution in [0.25, 0.3) is 10.8 Å². The van der Waals surface area contributed by atoms with Gasteiger partial charge in [0.1, 0.15) is 0 Å². The lowest BCUT2D eigenvalue weighted by Gasteiger charge is -2.13. The number of nitrogens with zero attached hydrogens (tertiary/aromatic N) is 1. The first-order valence-electron chi connectivity index (χ1n) is 5.28. The zero-order chi connectivity index (χ0) is 10.7. The molecule has 1 aromatic carbocycles. The topological polar surface area (TPSA) is 22.1 Å². The molecule has 0 unspecified atom stereocenters. The molecule has 0 amide bonds. The number of hydrogen-bond donors (Lipinski definition) is 0. The molecular formula is C13H15NO. The van der Waals surface area contributed by atoms with Crippen LogP contribution in [0.4, 0.5) is 0 Å². The summed E-state index contributed by atoms with van der Waals surface area (Å²) >= 11 is 0. The lowest BCUT2D eigenvalue weighted by molar-refractivity contribution is 0.0745. The number of benzene rings is 1. The Labute approximate surface area is 89.9 Å².